The fourth-order valence-corrected chi connectivity index (χ4v) is 3.16. The van der Waals surface area contributed by atoms with Crippen molar-refractivity contribution in [1.82, 2.24) is 10.3 Å². The third-order valence-electron chi connectivity index (χ3n) is 4.67. The summed E-state index contributed by atoms with van der Waals surface area (Å²) in [7, 11) is 0. The fraction of sp³-hybridized carbons (Fsp3) is 0.333. The topological polar surface area (TPSA) is 94.2 Å². The Morgan fingerprint density at radius 2 is 1.96 bits per heavy atom. The van der Waals surface area contributed by atoms with Gasteiger partial charge in [0.15, 0.2) is 0 Å². The van der Waals surface area contributed by atoms with Crippen LogP contribution in [0.4, 0.5) is 5.69 Å². The second-order valence-electron chi connectivity index (χ2n) is 6.73. The quantitative estimate of drug-likeness (QED) is 0.427. The Labute approximate surface area is 158 Å². The lowest BCUT2D eigenvalue weighted by atomic mass is 10.1. The number of para-hydroxylation sites is 1. The number of anilines is 1. The highest BCUT2D eigenvalue weighted by Gasteiger charge is 2.24. The molecule has 1 aliphatic heterocycles. The van der Waals surface area contributed by atoms with Crippen LogP contribution in [0.3, 0.4) is 0 Å². The van der Waals surface area contributed by atoms with Crippen molar-refractivity contribution in [3.63, 3.8) is 0 Å². The molecule has 6 nitrogen and oxygen atoms in total. The van der Waals surface area contributed by atoms with Crippen LogP contribution < -0.4 is 10.6 Å². The number of aryl methyl sites for hydroxylation is 1. The number of rotatable bonds is 8. The first-order valence-electron chi connectivity index (χ1n) is 9.31. The molecule has 0 radical (unpaired) electrons. The Morgan fingerprint density at radius 1 is 1.19 bits per heavy atom. The summed E-state index contributed by atoms with van der Waals surface area (Å²) in [5.41, 5.74) is 4.41. The molecule has 27 heavy (non-hydrogen) atoms. The van der Waals surface area contributed by atoms with Crippen molar-refractivity contribution in [3.05, 3.63) is 52.8 Å². The Hall–Kier alpha value is -2.86. The predicted octanol–water partition coefficient (Wildman–Crippen LogP) is 3.10. The zero-order valence-electron chi connectivity index (χ0n) is 15.5. The molecule has 1 aromatic carbocycles. The number of H-pyrrole nitrogens is 1. The zero-order valence-corrected chi connectivity index (χ0v) is 15.5. The summed E-state index contributed by atoms with van der Waals surface area (Å²) in [6.45, 7) is 2.73. The number of aromatic amines is 1. The van der Waals surface area contributed by atoms with E-state index in [1.165, 1.54) is 0 Å². The van der Waals surface area contributed by atoms with Crippen molar-refractivity contribution >= 4 is 29.2 Å². The highest BCUT2D eigenvalue weighted by molar-refractivity contribution is 6.34. The van der Waals surface area contributed by atoms with Gasteiger partial charge in [0, 0.05) is 30.1 Å². The van der Waals surface area contributed by atoms with Crippen LogP contribution in [0.1, 0.15) is 53.0 Å². The molecule has 0 spiro atoms. The molecule has 1 aromatic heterocycles. The third kappa shape index (κ3) is 4.46. The summed E-state index contributed by atoms with van der Waals surface area (Å²) in [6.07, 6.45) is 5.44. The van der Waals surface area contributed by atoms with E-state index in [2.05, 4.69) is 15.6 Å². The smallest absolute Gasteiger partial charge is 0.267 e. The Kier molecular flexibility index (Phi) is 6.08. The van der Waals surface area contributed by atoms with Gasteiger partial charge in [-0.2, -0.15) is 0 Å². The van der Waals surface area contributed by atoms with Crippen molar-refractivity contribution in [2.75, 3.05) is 18.5 Å². The van der Waals surface area contributed by atoms with Gasteiger partial charge in [-0.15, -0.1) is 0 Å². The minimum atomic E-state index is -0.152. The summed E-state index contributed by atoms with van der Waals surface area (Å²) in [6, 6.07) is 9.35. The monoisotopic (exact) mass is 367 g/mol. The van der Waals surface area contributed by atoms with Crippen molar-refractivity contribution < 1.29 is 14.7 Å². The first-order chi connectivity index (χ1) is 13.1. The summed E-state index contributed by atoms with van der Waals surface area (Å²) >= 11 is 0. The molecule has 0 saturated heterocycles. The number of aliphatic hydroxyl groups is 1. The van der Waals surface area contributed by atoms with E-state index in [0.29, 0.717) is 17.8 Å². The van der Waals surface area contributed by atoms with Crippen molar-refractivity contribution in [3.8, 4) is 0 Å². The lowest BCUT2D eigenvalue weighted by Gasteiger charge is -2.03. The van der Waals surface area contributed by atoms with E-state index in [1.807, 2.05) is 31.2 Å². The lowest BCUT2D eigenvalue weighted by Crippen LogP contribution is -2.24. The van der Waals surface area contributed by atoms with Gasteiger partial charge in [0.25, 0.3) is 11.8 Å². The van der Waals surface area contributed by atoms with Crippen LogP contribution in [-0.2, 0) is 4.79 Å². The Balaban J connectivity index is 1.66. The van der Waals surface area contributed by atoms with Crippen LogP contribution in [-0.4, -0.2) is 35.1 Å². The van der Waals surface area contributed by atoms with Crippen molar-refractivity contribution in [2.45, 2.75) is 32.6 Å². The Bertz CT molecular complexity index is 867. The fourth-order valence-electron chi connectivity index (χ4n) is 3.16. The number of aliphatic hydroxyl groups excluding tert-OH is 1. The average Bonchev–Trinajstić information content (AvgIpc) is 3.18. The van der Waals surface area contributed by atoms with E-state index >= 15 is 0 Å². The van der Waals surface area contributed by atoms with Crippen LogP contribution in [0, 0.1) is 6.92 Å². The molecule has 0 saturated carbocycles. The summed E-state index contributed by atoms with van der Waals surface area (Å²) in [5, 5.41) is 14.5. The predicted molar refractivity (Wildman–Crippen MR) is 106 cm³/mol. The number of amides is 2. The largest absolute Gasteiger partial charge is 0.396 e. The van der Waals surface area contributed by atoms with Crippen LogP contribution in [0.25, 0.3) is 11.6 Å². The third-order valence-corrected chi connectivity index (χ3v) is 4.67. The molecular formula is C21H25N3O3. The maximum Gasteiger partial charge on any atom is 0.267 e. The number of carbonyl (C=O) groups excluding carboxylic acids is 2. The minimum Gasteiger partial charge on any atom is -0.396 e. The molecule has 3 rings (SSSR count). The van der Waals surface area contributed by atoms with Gasteiger partial charge >= 0.3 is 0 Å². The van der Waals surface area contributed by atoms with E-state index in [4.69, 9.17) is 5.11 Å². The second-order valence-corrected chi connectivity index (χ2v) is 6.73. The maximum absolute atomic E-state index is 12.3. The zero-order chi connectivity index (χ0) is 19.2. The van der Waals surface area contributed by atoms with Gasteiger partial charge in [0.2, 0.25) is 0 Å². The van der Waals surface area contributed by atoms with Gasteiger partial charge in [0.1, 0.15) is 5.69 Å². The molecule has 1 aliphatic rings. The number of hydrogen-bond acceptors (Lipinski definition) is 3. The van der Waals surface area contributed by atoms with E-state index < -0.39 is 0 Å². The molecule has 0 unspecified atom stereocenters. The number of aromatic nitrogens is 1. The molecule has 142 valence electrons. The van der Waals surface area contributed by atoms with Gasteiger partial charge in [-0.3, -0.25) is 9.59 Å². The van der Waals surface area contributed by atoms with Gasteiger partial charge in [0.05, 0.1) is 5.57 Å². The molecule has 6 heteroatoms. The van der Waals surface area contributed by atoms with Crippen LogP contribution in [0.2, 0.25) is 0 Å². The van der Waals surface area contributed by atoms with E-state index in [0.717, 1.165) is 48.2 Å². The van der Waals surface area contributed by atoms with Gasteiger partial charge < -0.3 is 20.7 Å². The summed E-state index contributed by atoms with van der Waals surface area (Å²) in [5.74, 6) is -0.291. The van der Waals surface area contributed by atoms with Crippen molar-refractivity contribution in [2.24, 2.45) is 0 Å². The van der Waals surface area contributed by atoms with E-state index in [1.54, 1.807) is 12.1 Å². The van der Waals surface area contributed by atoms with Gasteiger partial charge in [-0.05, 0) is 43.5 Å². The van der Waals surface area contributed by atoms with Crippen LogP contribution in [0.15, 0.2) is 30.3 Å². The summed E-state index contributed by atoms with van der Waals surface area (Å²) in [4.78, 5) is 27.7. The molecule has 4 N–H and O–H groups in total. The first kappa shape index (κ1) is 18.9. The number of unbranched alkanes of at least 4 members (excludes halogenated alkanes) is 3. The van der Waals surface area contributed by atoms with Gasteiger partial charge in [-0.1, -0.05) is 31.0 Å². The number of hydrogen-bond donors (Lipinski definition) is 4. The molecule has 0 fully saturated rings. The second kappa shape index (κ2) is 8.68. The van der Waals surface area contributed by atoms with E-state index in [-0.39, 0.29) is 18.4 Å². The van der Waals surface area contributed by atoms with Crippen LogP contribution >= 0.6 is 0 Å². The van der Waals surface area contributed by atoms with Gasteiger partial charge in [-0.25, -0.2) is 0 Å². The lowest BCUT2D eigenvalue weighted by molar-refractivity contribution is -0.110. The molecule has 2 amide bonds. The number of benzene rings is 1. The molecule has 0 aliphatic carbocycles. The highest BCUT2D eigenvalue weighted by Crippen LogP contribution is 2.33. The maximum atomic E-state index is 12.3. The molecule has 2 heterocycles. The highest BCUT2D eigenvalue weighted by atomic mass is 16.3. The minimum absolute atomic E-state index is 0.140. The molecule has 2 aromatic rings. The molecular weight excluding hydrogens is 342 g/mol. The number of fused-ring (bicyclic) bond motifs is 1. The normalized spacial score (nSPS) is 14.3. The Morgan fingerprint density at radius 3 is 2.78 bits per heavy atom. The van der Waals surface area contributed by atoms with Crippen LogP contribution in [0.5, 0.6) is 0 Å². The van der Waals surface area contributed by atoms with Crippen molar-refractivity contribution in [1.29, 1.82) is 0 Å². The number of carbonyl (C=O) groups is 2. The molecule has 0 atom stereocenters. The van der Waals surface area contributed by atoms with E-state index in [9.17, 15) is 9.59 Å². The average molecular weight is 367 g/mol. The molecule has 0 bridgehead atoms. The summed E-state index contributed by atoms with van der Waals surface area (Å²) < 4.78 is 0. The number of nitrogens with one attached hydrogen (secondary N) is 3. The standard InChI is InChI=1S/C21H25N3O3/c1-14-12-19(21(27)22-10-6-2-3-7-11-25)23-18(14)13-16-15-8-4-5-9-17(15)24-20(16)26/h4-5,8-9,12-13,23,25H,2-3,6-7,10-11H2,1H3,(H,22,27)(H,24,26). The SMILES string of the molecule is Cc1cc(C(=O)NCCCCCCO)[nH]c1C=C1C(=O)Nc2ccccc21. The first-order valence-corrected chi connectivity index (χ1v) is 9.31.